The Morgan fingerprint density at radius 1 is 1.19 bits per heavy atom. The van der Waals surface area contributed by atoms with Gasteiger partial charge >= 0.3 is 0 Å². The number of anilines is 1. The molecule has 2 N–H and O–H groups in total. The van der Waals surface area contributed by atoms with Crippen LogP contribution in [0.15, 0.2) is 17.0 Å². The molecule has 2 rings (SSSR count). The number of aromatic amines is 1. The molecular weight excluding hydrogens is 286 g/mol. The smallest absolute Gasteiger partial charge is 0.161 e. The fourth-order valence-electron chi connectivity index (χ4n) is 2.23. The van der Waals surface area contributed by atoms with Gasteiger partial charge < -0.3 is 14.8 Å². The fourth-order valence-corrected chi connectivity index (χ4v) is 2.84. The van der Waals surface area contributed by atoms with Crippen LogP contribution in [0, 0.1) is 13.8 Å². The van der Waals surface area contributed by atoms with Crippen molar-refractivity contribution in [3.05, 3.63) is 29.1 Å². The number of nitrogens with zero attached hydrogens (tertiary/aromatic N) is 1. The van der Waals surface area contributed by atoms with E-state index in [1.165, 1.54) is 10.5 Å². The molecule has 0 aliphatic carbocycles. The molecule has 0 fully saturated rings. The maximum atomic E-state index is 5.38. The van der Waals surface area contributed by atoms with Crippen molar-refractivity contribution in [2.24, 2.45) is 0 Å². The van der Waals surface area contributed by atoms with Crippen molar-refractivity contribution < 1.29 is 9.47 Å². The zero-order valence-electron chi connectivity index (χ0n) is 13.0. The molecule has 0 spiro atoms. The lowest BCUT2D eigenvalue weighted by Gasteiger charge is -2.15. The molecule has 0 bridgehead atoms. The van der Waals surface area contributed by atoms with Gasteiger partial charge in [-0.3, -0.25) is 5.10 Å². The van der Waals surface area contributed by atoms with E-state index < -0.39 is 0 Å². The third kappa shape index (κ3) is 3.26. The number of nitrogens with one attached hydrogen (secondary N) is 2. The van der Waals surface area contributed by atoms with E-state index in [1.54, 1.807) is 26.0 Å². The number of ether oxygens (including phenoxy) is 2. The van der Waals surface area contributed by atoms with Gasteiger partial charge in [-0.1, -0.05) is 0 Å². The highest BCUT2D eigenvalue weighted by atomic mass is 32.2. The van der Waals surface area contributed by atoms with Crippen LogP contribution in [0.4, 0.5) is 5.69 Å². The van der Waals surface area contributed by atoms with Crippen molar-refractivity contribution in [2.75, 3.05) is 25.8 Å². The summed E-state index contributed by atoms with van der Waals surface area (Å²) in [4.78, 5) is 1.17. The van der Waals surface area contributed by atoms with Crippen LogP contribution in [0.5, 0.6) is 11.5 Å². The molecule has 5 nitrogen and oxygen atoms in total. The van der Waals surface area contributed by atoms with Gasteiger partial charge in [0.2, 0.25) is 0 Å². The van der Waals surface area contributed by atoms with Gasteiger partial charge in [0.1, 0.15) is 0 Å². The van der Waals surface area contributed by atoms with Crippen LogP contribution in [0.1, 0.15) is 17.0 Å². The first-order valence-corrected chi connectivity index (χ1v) is 7.87. The lowest BCUT2D eigenvalue weighted by molar-refractivity contribution is 0.353. The van der Waals surface area contributed by atoms with Crippen LogP contribution in [-0.2, 0) is 6.54 Å². The second kappa shape index (κ2) is 6.76. The molecule has 21 heavy (non-hydrogen) atoms. The average Bonchev–Trinajstić information content (AvgIpc) is 2.83. The number of benzene rings is 1. The maximum absolute atomic E-state index is 5.38. The molecule has 0 aliphatic rings. The van der Waals surface area contributed by atoms with E-state index in [9.17, 15) is 0 Å². The summed E-state index contributed by atoms with van der Waals surface area (Å²) < 4.78 is 10.7. The predicted octanol–water partition coefficient (Wildman–Crippen LogP) is 3.38. The summed E-state index contributed by atoms with van der Waals surface area (Å²) in [5.74, 6) is 1.49. The lowest BCUT2D eigenvalue weighted by atomic mass is 10.2. The predicted molar refractivity (Wildman–Crippen MR) is 86.7 cm³/mol. The van der Waals surface area contributed by atoms with Gasteiger partial charge in [0.15, 0.2) is 11.5 Å². The first-order valence-electron chi connectivity index (χ1n) is 6.65. The molecule has 114 valence electrons. The number of aromatic nitrogens is 2. The number of thioether (sulfide) groups is 1. The minimum Gasteiger partial charge on any atom is -0.493 e. The van der Waals surface area contributed by atoms with Crippen molar-refractivity contribution in [1.82, 2.24) is 10.2 Å². The number of H-pyrrole nitrogens is 1. The first kappa shape index (κ1) is 15.6. The summed E-state index contributed by atoms with van der Waals surface area (Å²) in [5, 5.41) is 10.6. The van der Waals surface area contributed by atoms with E-state index in [1.807, 2.05) is 26.0 Å². The Morgan fingerprint density at radius 3 is 2.38 bits per heavy atom. The zero-order chi connectivity index (χ0) is 15.4. The van der Waals surface area contributed by atoms with Crippen molar-refractivity contribution in [1.29, 1.82) is 0 Å². The van der Waals surface area contributed by atoms with E-state index >= 15 is 0 Å². The fraction of sp³-hybridized carbons (Fsp3) is 0.400. The Hall–Kier alpha value is -1.82. The highest BCUT2D eigenvalue weighted by Gasteiger charge is 2.12. The molecule has 0 saturated carbocycles. The molecule has 2 aromatic rings. The van der Waals surface area contributed by atoms with E-state index in [4.69, 9.17) is 9.47 Å². The summed E-state index contributed by atoms with van der Waals surface area (Å²) in [7, 11) is 3.30. The molecule has 0 radical (unpaired) electrons. The first-order chi connectivity index (χ1) is 10.1. The third-order valence-corrected chi connectivity index (χ3v) is 4.19. The summed E-state index contributed by atoms with van der Waals surface area (Å²) in [5.41, 5.74) is 4.23. The molecule has 6 heteroatoms. The van der Waals surface area contributed by atoms with E-state index in [2.05, 4.69) is 21.8 Å². The Kier molecular flexibility index (Phi) is 5.01. The lowest BCUT2D eigenvalue weighted by Crippen LogP contribution is -2.03. The van der Waals surface area contributed by atoms with Gasteiger partial charge in [0, 0.05) is 11.4 Å². The van der Waals surface area contributed by atoms with Gasteiger partial charge in [-0.15, -0.1) is 11.8 Å². The summed E-state index contributed by atoms with van der Waals surface area (Å²) in [6.45, 7) is 4.69. The molecule has 0 unspecified atom stereocenters. The Bertz CT molecular complexity index is 606. The summed E-state index contributed by atoms with van der Waals surface area (Å²) >= 11 is 1.69. The Labute approximate surface area is 129 Å². The Balaban J connectivity index is 2.26. The van der Waals surface area contributed by atoms with Crippen LogP contribution in [0.3, 0.4) is 0 Å². The van der Waals surface area contributed by atoms with Crippen molar-refractivity contribution in [2.45, 2.75) is 25.3 Å². The van der Waals surface area contributed by atoms with Crippen LogP contribution < -0.4 is 14.8 Å². The van der Waals surface area contributed by atoms with E-state index in [0.717, 1.165) is 28.6 Å². The minimum atomic E-state index is 0.706. The number of methoxy groups -OCH3 is 2. The zero-order valence-corrected chi connectivity index (χ0v) is 13.9. The maximum Gasteiger partial charge on any atom is 0.161 e. The highest BCUT2D eigenvalue weighted by Crippen LogP contribution is 2.35. The monoisotopic (exact) mass is 307 g/mol. The van der Waals surface area contributed by atoms with Gasteiger partial charge in [0.05, 0.1) is 31.3 Å². The largest absolute Gasteiger partial charge is 0.493 e. The molecule has 0 atom stereocenters. The third-order valence-electron chi connectivity index (χ3n) is 3.37. The summed E-state index contributed by atoms with van der Waals surface area (Å²) in [6.07, 6.45) is 2.05. The molecule has 1 heterocycles. The number of aryl methyl sites for hydroxylation is 2. The molecule has 0 amide bonds. The van der Waals surface area contributed by atoms with Gasteiger partial charge in [0.25, 0.3) is 0 Å². The SMILES string of the molecule is COc1cc(CNc2c(C)n[nH]c2C)c(SC)cc1OC. The topological polar surface area (TPSA) is 59.2 Å². The van der Waals surface area contributed by atoms with E-state index in [0.29, 0.717) is 6.54 Å². The van der Waals surface area contributed by atoms with Gasteiger partial charge in [-0.25, -0.2) is 0 Å². The highest BCUT2D eigenvalue weighted by molar-refractivity contribution is 7.98. The number of rotatable bonds is 6. The van der Waals surface area contributed by atoms with E-state index in [-0.39, 0.29) is 0 Å². The minimum absolute atomic E-state index is 0.706. The summed E-state index contributed by atoms with van der Waals surface area (Å²) in [6, 6.07) is 4.03. The van der Waals surface area contributed by atoms with Crippen LogP contribution in [0.2, 0.25) is 0 Å². The quantitative estimate of drug-likeness (QED) is 0.801. The number of hydrogen-bond acceptors (Lipinski definition) is 5. The number of hydrogen-bond donors (Lipinski definition) is 2. The molecular formula is C15H21N3O2S. The average molecular weight is 307 g/mol. The normalized spacial score (nSPS) is 10.5. The van der Waals surface area contributed by atoms with Gasteiger partial charge in [-0.2, -0.15) is 5.10 Å². The van der Waals surface area contributed by atoms with Gasteiger partial charge in [-0.05, 0) is 37.8 Å². The standard InChI is InChI=1S/C15H21N3O2S/c1-9-15(10(2)18-17-9)16-8-11-6-12(19-3)13(20-4)7-14(11)21-5/h6-7,16H,8H2,1-5H3,(H,17,18). The second-order valence-electron chi connectivity index (χ2n) is 4.68. The molecule has 0 saturated heterocycles. The second-order valence-corrected chi connectivity index (χ2v) is 5.53. The van der Waals surface area contributed by atoms with Crippen molar-refractivity contribution >= 4 is 17.4 Å². The van der Waals surface area contributed by atoms with Crippen LogP contribution in [0.25, 0.3) is 0 Å². The van der Waals surface area contributed by atoms with Crippen molar-refractivity contribution in [3.63, 3.8) is 0 Å². The van der Waals surface area contributed by atoms with Crippen molar-refractivity contribution in [3.8, 4) is 11.5 Å². The molecule has 1 aromatic carbocycles. The van der Waals surface area contributed by atoms with Crippen LogP contribution in [-0.4, -0.2) is 30.7 Å². The molecule has 0 aliphatic heterocycles. The van der Waals surface area contributed by atoms with Crippen LogP contribution >= 0.6 is 11.8 Å². The Morgan fingerprint density at radius 2 is 1.86 bits per heavy atom. The molecule has 1 aromatic heterocycles.